The molecule has 0 radical (unpaired) electrons. The zero-order valence-electron chi connectivity index (χ0n) is 21.4. The maximum Gasteiger partial charge on any atom is 0.335 e. The van der Waals surface area contributed by atoms with Crippen molar-refractivity contribution in [3.63, 3.8) is 0 Å². The minimum Gasteiger partial charge on any atom is -0.478 e. The first kappa shape index (κ1) is 26.0. The predicted molar refractivity (Wildman–Crippen MR) is 152 cm³/mol. The summed E-state index contributed by atoms with van der Waals surface area (Å²) < 4.78 is 1.46. The summed E-state index contributed by atoms with van der Waals surface area (Å²) in [6.45, 7) is 0.300. The Morgan fingerprint density at radius 3 is 2.63 bits per heavy atom. The fourth-order valence-electron chi connectivity index (χ4n) is 5.06. The number of aromatic nitrogens is 5. The quantitative estimate of drug-likeness (QED) is 0.260. The van der Waals surface area contributed by atoms with E-state index in [0.717, 1.165) is 22.2 Å². The van der Waals surface area contributed by atoms with E-state index < -0.39 is 17.9 Å². The number of H-pyrrole nitrogens is 1. The average molecular weight is 568 g/mol. The lowest BCUT2D eigenvalue weighted by Gasteiger charge is -2.34. The van der Waals surface area contributed by atoms with Crippen LogP contribution in [-0.4, -0.2) is 59.5 Å². The van der Waals surface area contributed by atoms with Crippen LogP contribution in [0.25, 0.3) is 22.7 Å². The first-order valence-electron chi connectivity index (χ1n) is 12.6. The van der Waals surface area contributed by atoms with E-state index in [9.17, 15) is 19.5 Å². The van der Waals surface area contributed by atoms with E-state index in [4.69, 9.17) is 11.6 Å². The number of halogens is 1. The van der Waals surface area contributed by atoms with Crippen molar-refractivity contribution in [1.29, 1.82) is 0 Å². The molecule has 1 atom stereocenters. The molecule has 3 aromatic carbocycles. The van der Waals surface area contributed by atoms with Crippen molar-refractivity contribution >= 4 is 52.1 Å². The second-order valence-electron chi connectivity index (χ2n) is 9.41. The molecule has 1 aliphatic rings. The standard InChI is InChI=1S/C29H22ClN7O4/c30-19-8-11-24(37-16-31-34-35-37)18(15-19)7-12-25(38)36-14-13-23-26(21-3-1-2-4-22(21)33-23)27(36)28(39)32-20-9-5-17(6-10-20)29(40)41/h1-12,15-16,27,33H,13-14H2,(H,32,39)(H,40,41). The molecule has 5 aromatic rings. The molecule has 0 saturated heterocycles. The van der Waals surface area contributed by atoms with Gasteiger partial charge in [0.2, 0.25) is 5.91 Å². The Kier molecular flexibility index (Phi) is 6.78. The van der Waals surface area contributed by atoms with Crippen LogP contribution in [-0.2, 0) is 16.0 Å². The molecule has 0 aliphatic carbocycles. The van der Waals surface area contributed by atoms with Crippen LogP contribution in [0.4, 0.5) is 5.69 Å². The van der Waals surface area contributed by atoms with Crippen molar-refractivity contribution in [3.05, 3.63) is 107 Å². The largest absolute Gasteiger partial charge is 0.478 e. The summed E-state index contributed by atoms with van der Waals surface area (Å²) in [6.07, 6.45) is 5.00. The number of hydrogen-bond acceptors (Lipinski definition) is 6. The van der Waals surface area contributed by atoms with Gasteiger partial charge in [-0.25, -0.2) is 4.79 Å². The second kappa shape index (κ2) is 10.7. The van der Waals surface area contributed by atoms with E-state index in [2.05, 4.69) is 25.8 Å². The highest BCUT2D eigenvalue weighted by Crippen LogP contribution is 2.37. The molecular formula is C29H22ClN7O4. The number of benzene rings is 3. The van der Waals surface area contributed by atoms with Crippen LogP contribution in [0.1, 0.15) is 33.2 Å². The van der Waals surface area contributed by atoms with Crippen LogP contribution >= 0.6 is 11.6 Å². The third-order valence-electron chi connectivity index (χ3n) is 6.94. The van der Waals surface area contributed by atoms with Gasteiger partial charge < -0.3 is 20.3 Å². The summed E-state index contributed by atoms with van der Waals surface area (Å²) >= 11 is 6.23. The zero-order chi connectivity index (χ0) is 28.5. The number of aromatic amines is 1. The number of rotatable bonds is 6. The molecule has 1 aliphatic heterocycles. The van der Waals surface area contributed by atoms with E-state index in [1.54, 1.807) is 24.3 Å². The Labute approximate surface area is 238 Å². The van der Waals surface area contributed by atoms with Gasteiger partial charge in [0.1, 0.15) is 12.4 Å². The van der Waals surface area contributed by atoms with Gasteiger partial charge in [0.15, 0.2) is 0 Å². The average Bonchev–Trinajstić information content (AvgIpc) is 3.64. The van der Waals surface area contributed by atoms with Gasteiger partial charge in [-0.05, 0) is 65.0 Å². The summed E-state index contributed by atoms with van der Waals surface area (Å²) in [6, 6.07) is 17.7. The summed E-state index contributed by atoms with van der Waals surface area (Å²) in [7, 11) is 0. The Balaban J connectivity index is 1.35. The number of fused-ring (bicyclic) bond motifs is 3. The van der Waals surface area contributed by atoms with Crippen molar-refractivity contribution in [2.24, 2.45) is 0 Å². The van der Waals surface area contributed by atoms with E-state index in [1.165, 1.54) is 46.3 Å². The number of carbonyl (C=O) groups is 3. The first-order valence-corrected chi connectivity index (χ1v) is 13.0. The lowest BCUT2D eigenvalue weighted by molar-refractivity contribution is -0.135. The Morgan fingerprint density at radius 1 is 1.07 bits per heavy atom. The number of carboxylic acid groups (broad SMARTS) is 1. The van der Waals surface area contributed by atoms with Crippen molar-refractivity contribution in [2.75, 3.05) is 11.9 Å². The molecule has 0 saturated carbocycles. The van der Waals surface area contributed by atoms with E-state index in [1.807, 2.05) is 24.3 Å². The number of tetrazole rings is 1. The topological polar surface area (TPSA) is 146 Å². The maximum absolute atomic E-state index is 13.8. The molecule has 0 spiro atoms. The van der Waals surface area contributed by atoms with Crippen LogP contribution < -0.4 is 5.32 Å². The summed E-state index contributed by atoms with van der Waals surface area (Å²) in [5.74, 6) is -1.85. The van der Waals surface area contributed by atoms with Gasteiger partial charge >= 0.3 is 5.97 Å². The normalized spacial score (nSPS) is 14.8. The number of nitrogens with zero attached hydrogens (tertiary/aromatic N) is 5. The predicted octanol–water partition coefficient (Wildman–Crippen LogP) is 4.27. The molecule has 11 nitrogen and oxygen atoms in total. The Hall–Kier alpha value is -5.29. The van der Waals surface area contributed by atoms with Gasteiger partial charge in [-0.1, -0.05) is 29.8 Å². The first-order chi connectivity index (χ1) is 19.9. The SMILES string of the molecule is O=C(O)c1ccc(NC(=O)C2c3c([nH]c4ccccc34)CCN2C(=O)C=Cc2cc(Cl)ccc2-n2cnnn2)cc1. The molecule has 2 amide bonds. The molecule has 2 aromatic heterocycles. The lowest BCUT2D eigenvalue weighted by atomic mass is 9.94. The fourth-order valence-corrected chi connectivity index (χ4v) is 5.24. The Bertz CT molecular complexity index is 1810. The number of anilines is 1. The number of aromatic carboxylic acids is 1. The summed E-state index contributed by atoms with van der Waals surface area (Å²) in [5.41, 5.74) is 4.24. The van der Waals surface area contributed by atoms with E-state index in [0.29, 0.717) is 34.9 Å². The highest BCUT2D eigenvalue weighted by Gasteiger charge is 2.37. The molecule has 204 valence electrons. The van der Waals surface area contributed by atoms with Gasteiger partial charge in [0.25, 0.3) is 5.91 Å². The molecule has 12 heteroatoms. The minimum atomic E-state index is -1.06. The molecule has 6 rings (SSSR count). The smallest absolute Gasteiger partial charge is 0.335 e. The van der Waals surface area contributed by atoms with Crippen molar-refractivity contribution in [2.45, 2.75) is 12.5 Å². The third-order valence-corrected chi connectivity index (χ3v) is 7.17. The van der Waals surface area contributed by atoms with Crippen molar-refractivity contribution in [3.8, 4) is 5.69 Å². The molecule has 41 heavy (non-hydrogen) atoms. The van der Waals surface area contributed by atoms with Gasteiger partial charge in [-0.3, -0.25) is 9.59 Å². The number of nitrogens with one attached hydrogen (secondary N) is 2. The molecule has 3 N–H and O–H groups in total. The molecular weight excluding hydrogens is 546 g/mol. The molecule has 0 fully saturated rings. The second-order valence-corrected chi connectivity index (χ2v) is 9.85. The van der Waals surface area contributed by atoms with Crippen LogP contribution in [0.5, 0.6) is 0 Å². The maximum atomic E-state index is 13.8. The molecule has 1 unspecified atom stereocenters. The van der Waals surface area contributed by atoms with E-state index >= 15 is 0 Å². The van der Waals surface area contributed by atoms with Gasteiger partial charge in [-0.2, -0.15) is 4.68 Å². The van der Waals surface area contributed by atoms with Crippen LogP contribution in [0.15, 0.2) is 79.1 Å². The highest BCUT2D eigenvalue weighted by molar-refractivity contribution is 6.30. The highest BCUT2D eigenvalue weighted by atomic mass is 35.5. The van der Waals surface area contributed by atoms with Crippen LogP contribution in [0.2, 0.25) is 5.02 Å². The minimum absolute atomic E-state index is 0.101. The van der Waals surface area contributed by atoms with E-state index in [-0.39, 0.29) is 11.5 Å². The number of para-hydroxylation sites is 1. The number of carbonyl (C=O) groups excluding carboxylic acids is 2. The van der Waals surface area contributed by atoms with Crippen LogP contribution in [0.3, 0.4) is 0 Å². The lowest BCUT2D eigenvalue weighted by Crippen LogP contribution is -2.44. The number of carboxylic acids is 1. The monoisotopic (exact) mass is 567 g/mol. The van der Waals surface area contributed by atoms with Gasteiger partial charge in [0, 0.05) is 57.5 Å². The van der Waals surface area contributed by atoms with Gasteiger partial charge in [-0.15, -0.1) is 5.10 Å². The zero-order valence-corrected chi connectivity index (χ0v) is 22.1. The number of amides is 2. The van der Waals surface area contributed by atoms with Crippen molar-refractivity contribution in [1.82, 2.24) is 30.1 Å². The van der Waals surface area contributed by atoms with Crippen LogP contribution in [0, 0.1) is 0 Å². The molecule has 0 bridgehead atoms. The summed E-state index contributed by atoms with van der Waals surface area (Å²) in [5, 5.41) is 24.7. The fraction of sp³-hybridized carbons (Fsp3) is 0.103. The molecule has 3 heterocycles. The van der Waals surface area contributed by atoms with Gasteiger partial charge in [0.05, 0.1) is 11.3 Å². The van der Waals surface area contributed by atoms with Crippen molar-refractivity contribution < 1.29 is 19.5 Å². The number of hydrogen-bond donors (Lipinski definition) is 3. The third kappa shape index (κ3) is 5.06. The Morgan fingerprint density at radius 2 is 1.88 bits per heavy atom. The summed E-state index contributed by atoms with van der Waals surface area (Å²) in [4.78, 5) is 43.7.